The first-order chi connectivity index (χ1) is 20.1. The number of benzene rings is 2. The Kier molecular flexibility index (Phi) is 10.1. The van der Waals surface area contributed by atoms with Crippen LogP contribution in [-0.2, 0) is 0 Å². The van der Waals surface area contributed by atoms with Crippen LogP contribution < -0.4 is 4.74 Å². The van der Waals surface area contributed by atoms with Crippen molar-refractivity contribution < 1.29 is 31.1 Å². The molecule has 0 N–H and O–H groups in total. The van der Waals surface area contributed by atoms with Gasteiger partial charge in [-0.05, 0) is 111 Å². The average Bonchev–Trinajstić information content (AvgIpc) is 2.99. The molecule has 0 amide bonds. The first kappa shape index (κ1) is 31.3. The maximum absolute atomic E-state index is 15.3. The van der Waals surface area contributed by atoms with Gasteiger partial charge in [-0.3, -0.25) is 0 Å². The number of halogens is 6. The molecular weight excluding hydrogens is 550 g/mol. The predicted octanol–water partition coefficient (Wildman–Crippen LogP) is 11.5. The van der Waals surface area contributed by atoms with Crippen LogP contribution in [0.5, 0.6) is 5.75 Å². The number of unbranched alkanes of at least 4 members (excludes halogenated alkanes) is 1. The van der Waals surface area contributed by atoms with Crippen molar-refractivity contribution in [3.63, 3.8) is 0 Å². The van der Waals surface area contributed by atoms with Gasteiger partial charge >= 0.3 is 6.11 Å². The van der Waals surface area contributed by atoms with E-state index in [9.17, 15) is 22.0 Å². The zero-order chi connectivity index (χ0) is 29.9. The summed E-state index contributed by atoms with van der Waals surface area (Å²) >= 11 is 0. The first-order valence-electron chi connectivity index (χ1n) is 16.1. The van der Waals surface area contributed by atoms with Crippen LogP contribution in [0, 0.1) is 46.9 Å². The van der Waals surface area contributed by atoms with Crippen LogP contribution in [0.1, 0.15) is 126 Å². The quantitative estimate of drug-likeness (QED) is 0.207. The van der Waals surface area contributed by atoms with E-state index in [1.165, 1.54) is 57.8 Å². The number of hydrogen-bond acceptors (Lipinski definition) is 1. The van der Waals surface area contributed by atoms with Gasteiger partial charge in [-0.1, -0.05) is 51.2 Å². The zero-order valence-corrected chi connectivity index (χ0v) is 24.6. The molecule has 3 saturated carbocycles. The summed E-state index contributed by atoms with van der Waals surface area (Å²) in [6.07, 6.45) is 11.4. The molecule has 3 aliphatic carbocycles. The summed E-state index contributed by atoms with van der Waals surface area (Å²) in [7, 11) is 0. The summed E-state index contributed by atoms with van der Waals surface area (Å²) in [4.78, 5) is 0. The standard InChI is InChI=1S/C35H44F6O/c1-2-3-4-22-5-7-23(8-6-22)24-9-11-25(12-10-24)27-15-18-30(31(36)19-27)26-13-16-28(17-14-26)35(40,41)42-29-20-32(37)34(39)33(38)21-29/h15,18-26,28H,2-14,16-17H2,1H3. The van der Waals surface area contributed by atoms with Crippen LogP contribution in [0.2, 0.25) is 0 Å². The van der Waals surface area contributed by atoms with Crippen LogP contribution in [0.25, 0.3) is 0 Å². The summed E-state index contributed by atoms with van der Waals surface area (Å²) in [6, 6.07) is 6.38. The Bertz CT molecular complexity index is 1150. The molecule has 2 aromatic carbocycles. The highest BCUT2D eigenvalue weighted by Crippen LogP contribution is 2.47. The van der Waals surface area contributed by atoms with Gasteiger partial charge in [-0.2, -0.15) is 8.78 Å². The SMILES string of the molecule is CCCCC1CCC(C2CCC(c3ccc(C4CCC(C(F)(F)Oc5cc(F)c(F)c(F)c5)CC4)c(F)c3)CC2)CC1. The minimum atomic E-state index is -3.68. The maximum Gasteiger partial charge on any atom is 0.400 e. The Morgan fingerprint density at radius 2 is 1.26 bits per heavy atom. The highest BCUT2D eigenvalue weighted by molar-refractivity contribution is 5.30. The lowest BCUT2D eigenvalue weighted by molar-refractivity contribution is -0.222. The van der Waals surface area contributed by atoms with Crippen LogP contribution in [-0.4, -0.2) is 6.11 Å². The fraction of sp³-hybridized carbons (Fsp3) is 0.657. The molecule has 0 bridgehead atoms. The average molecular weight is 595 g/mol. The highest BCUT2D eigenvalue weighted by Gasteiger charge is 2.44. The van der Waals surface area contributed by atoms with E-state index >= 15 is 4.39 Å². The lowest BCUT2D eigenvalue weighted by atomic mass is 9.68. The number of ether oxygens (including phenoxy) is 1. The molecule has 2 aromatic rings. The molecule has 232 valence electrons. The van der Waals surface area contributed by atoms with Crippen molar-refractivity contribution in [3.8, 4) is 5.75 Å². The van der Waals surface area contributed by atoms with Gasteiger partial charge in [0.2, 0.25) is 0 Å². The molecule has 1 nitrogen and oxygen atoms in total. The largest absolute Gasteiger partial charge is 0.432 e. The van der Waals surface area contributed by atoms with E-state index in [1.54, 1.807) is 6.07 Å². The molecule has 0 saturated heterocycles. The lowest BCUT2D eigenvalue weighted by Crippen LogP contribution is -2.37. The third-order valence-corrected chi connectivity index (χ3v) is 10.6. The molecule has 3 aliphatic rings. The molecular formula is C35H44F6O. The van der Waals surface area contributed by atoms with Crippen LogP contribution in [0.15, 0.2) is 30.3 Å². The normalized spacial score (nSPS) is 28.9. The summed E-state index contributed by atoms with van der Waals surface area (Å²) in [5.74, 6) is -4.33. The van der Waals surface area contributed by atoms with Crippen molar-refractivity contribution in [2.24, 2.45) is 23.7 Å². The Balaban J connectivity index is 1.11. The molecule has 7 heteroatoms. The fourth-order valence-electron chi connectivity index (χ4n) is 8.07. The van der Waals surface area contributed by atoms with Gasteiger partial charge in [0.25, 0.3) is 0 Å². The lowest BCUT2D eigenvalue weighted by Gasteiger charge is -2.38. The second-order valence-electron chi connectivity index (χ2n) is 13.2. The smallest absolute Gasteiger partial charge is 0.400 e. The van der Waals surface area contributed by atoms with Gasteiger partial charge in [0.05, 0.1) is 5.92 Å². The van der Waals surface area contributed by atoms with E-state index in [-0.39, 0.29) is 24.6 Å². The van der Waals surface area contributed by atoms with Gasteiger partial charge in [-0.25, -0.2) is 17.6 Å². The molecule has 0 atom stereocenters. The third kappa shape index (κ3) is 7.30. The van der Waals surface area contributed by atoms with Crippen LogP contribution in [0.3, 0.4) is 0 Å². The second-order valence-corrected chi connectivity index (χ2v) is 13.2. The molecule has 0 spiro atoms. The topological polar surface area (TPSA) is 9.23 Å². The summed E-state index contributed by atoms with van der Waals surface area (Å²) in [5, 5.41) is 0. The monoisotopic (exact) mass is 594 g/mol. The minimum absolute atomic E-state index is 0.0789. The van der Waals surface area contributed by atoms with Gasteiger partial charge in [0.1, 0.15) is 11.6 Å². The second kappa shape index (κ2) is 13.6. The zero-order valence-electron chi connectivity index (χ0n) is 24.6. The Hall–Kier alpha value is -2.18. The predicted molar refractivity (Wildman–Crippen MR) is 153 cm³/mol. The van der Waals surface area contributed by atoms with Crippen molar-refractivity contribution in [1.29, 1.82) is 0 Å². The van der Waals surface area contributed by atoms with Crippen molar-refractivity contribution in [1.82, 2.24) is 0 Å². The molecule has 0 unspecified atom stereocenters. The number of hydrogen-bond donors (Lipinski definition) is 0. The van der Waals surface area contributed by atoms with E-state index < -0.39 is 35.2 Å². The Morgan fingerprint density at radius 3 is 1.83 bits per heavy atom. The summed E-state index contributed by atoms with van der Waals surface area (Å²) in [5.41, 5.74) is 1.61. The molecule has 0 heterocycles. The van der Waals surface area contributed by atoms with E-state index in [0.29, 0.717) is 36.5 Å². The van der Waals surface area contributed by atoms with E-state index in [0.717, 1.165) is 36.2 Å². The molecule has 0 radical (unpaired) electrons. The number of alkyl halides is 2. The van der Waals surface area contributed by atoms with Crippen molar-refractivity contribution in [3.05, 3.63) is 64.7 Å². The van der Waals surface area contributed by atoms with Gasteiger partial charge < -0.3 is 4.74 Å². The van der Waals surface area contributed by atoms with E-state index in [2.05, 4.69) is 11.7 Å². The highest BCUT2D eigenvalue weighted by atomic mass is 19.3. The van der Waals surface area contributed by atoms with E-state index in [4.69, 9.17) is 0 Å². The van der Waals surface area contributed by atoms with Crippen LogP contribution >= 0.6 is 0 Å². The van der Waals surface area contributed by atoms with Crippen molar-refractivity contribution in [2.75, 3.05) is 0 Å². The Morgan fingerprint density at radius 1 is 0.690 bits per heavy atom. The number of rotatable bonds is 9. The van der Waals surface area contributed by atoms with Crippen molar-refractivity contribution in [2.45, 2.75) is 121 Å². The molecule has 42 heavy (non-hydrogen) atoms. The summed E-state index contributed by atoms with van der Waals surface area (Å²) < 4.78 is 89.6. The van der Waals surface area contributed by atoms with E-state index in [1.807, 2.05) is 12.1 Å². The summed E-state index contributed by atoms with van der Waals surface area (Å²) in [6.45, 7) is 2.27. The maximum atomic E-state index is 15.3. The first-order valence-corrected chi connectivity index (χ1v) is 16.1. The Labute approximate surface area is 246 Å². The van der Waals surface area contributed by atoms with Crippen molar-refractivity contribution >= 4 is 0 Å². The van der Waals surface area contributed by atoms with Gasteiger partial charge in [0.15, 0.2) is 17.5 Å². The van der Waals surface area contributed by atoms with Gasteiger partial charge in [0, 0.05) is 12.1 Å². The van der Waals surface area contributed by atoms with Gasteiger partial charge in [-0.15, -0.1) is 0 Å². The van der Waals surface area contributed by atoms with Crippen LogP contribution in [0.4, 0.5) is 26.3 Å². The molecule has 0 aromatic heterocycles. The molecule has 0 aliphatic heterocycles. The fourth-order valence-corrected chi connectivity index (χ4v) is 8.07. The molecule has 3 fully saturated rings. The minimum Gasteiger partial charge on any atom is -0.432 e. The third-order valence-electron chi connectivity index (χ3n) is 10.6. The molecule has 5 rings (SSSR count).